The first-order valence-corrected chi connectivity index (χ1v) is 6.82. The Morgan fingerprint density at radius 3 is 2.67 bits per heavy atom. The van der Waals surface area contributed by atoms with Gasteiger partial charge in [-0.15, -0.1) is 0 Å². The van der Waals surface area contributed by atoms with Gasteiger partial charge in [0.2, 0.25) is 5.75 Å². The zero-order valence-electron chi connectivity index (χ0n) is 11.1. The van der Waals surface area contributed by atoms with Crippen LogP contribution in [0.25, 0.3) is 0 Å². The maximum absolute atomic E-state index is 13.6. The van der Waals surface area contributed by atoms with Gasteiger partial charge < -0.3 is 10.5 Å². The Morgan fingerprint density at radius 1 is 1.33 bits per heavy atom. The van der Waals surface area contributed by atoms with Crippen LogP contribution in [0.15, 0.2) is 34.8 Å². The fourth-order valence-electron chi connectivity index (χ4n) is 1.83. The van der Waals surface area contributed by atoms with Crippen molar-refractivity contribution in [2.24, 2.45) is 5.73 Å². The molecule has 0 saturated carbocycles. The quantitative estimate of drug-likeness (QED) is 0.663. The lowest BCUT2D eigenvalue weighted by Gasteiger charge is -2.11. The van der Waals surface area contributed by atoms with E-state index in [4.69, 9.17) is 10.5 Å². The molecule has 2 aromatic carbocycles. The fraction of sp³-hybridized carbons (Fsp3) is 0.143. The van der Waals surface area contributed by atoms with Gasteiger partial charge in [-0.3, -0.25) is 10.1 Å². The maximum Gasteiger partial charge on any atom is 0.312 e. The zero-order chi connectivity index (χ0) is 15.6. The average molecular weight is 355 g/mol. The van der Waals surface area contributed by atoms with Crippen molar-refractivity contribution in [3.63, 3.8) is 0 Å². The zero-order valence-corrected chi connectivity index (χ0v) is 12.7. The first-order chi connectivity index (χ1) is 9.92. The summed E-state index contributed by atoms with van der Waals surface area (Å²) in [5.74, 6) is -0.441. The average Bonchev–Trinajstić information content (AvgIpc) is 2.44. The van der Waals surface area contributed by atoms with E-state index < -0.39 is 10.7 Å². The van der Waals surface area contributed by atoms with Crippen LogP contribution in [0.2, 0.25) is 0 Å². The summed E-state index contributed by atoms with van der Waals surface area (Å²) in [4.78, 5) is 10.4. The van der Waals surface area contributed by atoms with Crippen LogP contribution in [0.4, 0.5) is 10.1 Å². The number of aryl methyl sites for hydroxylation is 1. The SMILES string of the molecule is Cc1ccc(Oc2cc(F)c(Br)cc2[N+](=O)[O-])c(CN)c1. The van der Waals surface area contributed by atoms with Crippen LogP contribution in [-0.2, 0) is 6.54 Å². The van der Waals surface area contributed by atoms with Crippen molar-refractivity contribution in [2.45, 2.75) is 13.5 Å². The second kappa shape index (κ2) is 6.19. The molecule has 2 rings (SSSR count). The van der Waals surface area contributed by atoms with Crippen LogP contribution >= 0.6 is 15.9 Å². The van der Waals surface area contributed by atoms with E-state index in [1.165, 1.54) is 0 Å². The predicted molar refractivity (Wildman–Crippen MR) is 79.9 cm³/mol. The number of nitrogens with zero attached hydrogens (tertiary/aromatic N) is 1. The van der Waals surface area contributed by atoms with Crippen molar-refractivity contribution in [3.05, 3.63) is 61.9 Å². The molecule has 7 heteroatoms. The van der Waals surface area contributed by atoms with Crippen molar-refractivity contribution in [2.75, 3.05) is 0 Å². The minimum atomic E-state index is -0.642. The van der Waals surface area contributed by atoms with Crippen molar-refractivity contribution in [1.82, 2.24) is 0 Å². The summed E-state index contributed by atoms with van der Waals surface area (Å²) < 4.78 is 19.1. The second-order valence-corrected chi connectivity index (χ2v) is 5.26. The third-order valence-corrected chi connectivity index (χ3v) is 3.46. The standard InChI is InChI=1S/C14H12BrFN2O3/c1-8-2-3-13(9(4-8)7-17)21-14-6-11(16)10(15)5-12(14)18(19)20/h2-6H,7,17H2,1H3. The number of hydrogen-bond donors (Lipinski definition) is 1. The lowest BCUT2D eigenvalue weighted by molar-refractivity contribution is -0.385. The molecule has 0 aliphatic rings. The Hall–Kier alpha value is -1.99. The van der Waals surface area contributed by atoms with Gasteiger partial charge in [0.15, 0.2) is 0 Å². The number of nitro benzene ring substituents is 1. The monoisotopic (exact) mass is 354 g/mol. The summed E-state index contributed by atoms with van der Waals surface area (Å²) in [6.07, 6.45) is 0. The summed E-state index contributed by atoms with van der Waals surface area (Å²) in [6, 6.07) is 7.30. The van der Waals surface area contributed by atoms with E-state index in [0.29, 0.717) is 11.3 Å². The highest BCUT2D eigenvalue weighted by molar-refractivity contribution is 9.10. The molecule has 0 aliphatic carbocycles. The molecule has 0 fully saturated rings. The summed E-state index contributed by atoms with van der Waals surface area (Å²) in [7, 11) is 0. The van der Waals surface area contributed by atoms with E-state index in [9.17, 15) is 14.5 Å². The molecular weight excluding hydrogens is 343 g/mol. The van der Waals surface area contributed by atoms with Crippen LogP contribution in [0.3, 0.4) is 0 Å². The van der Waals surface area contributed by atoms with Gasteiger partial charge in [-0.05, 0) is 28.9 Å². The fourth-order valence-corrected chi connectivity index (χ4v) is 2.16. The van der Waals surface area contributed by atoms with E-state index in [1.807, 2.05) is 13.0 Å². The van der Waals surface area contributed by atoms with Gasteiger partial charge in [0.05, 0.1) is 9.40 Å². The molecule has 110 valence electrons. The number of hydrogen-bond acceptors (Lipinski definition) is 4. The number of ether oxygens (including phenoxy) is 1. The molecule has 0 aromatic heterocycles. The summed E-state index contributed by atoms with van der Waals surface area (Å²) in [6.45, 7) is 2.11. The molecule has 0 aliphatic heterocycles. The molecule has 0 amide bonds. The Morgan fingerprint density at radius 2 is 2.05 bits per heavy atom. The van der Waals surface area contributed by atoms with Crippen molar-refractivity contribution in [1.29, 1.82) is 0 Å². The Bertz CT molecular complexity index is 707. The van der Waals surface area contributed by atoms with Crippen LogP contribution in [0.5, 0.6) is 11.5 Å². The largest absolute Gasteiger partial charge is 0.450 e. The van der Waals surface area contributed by atoms with Crippen LogP contribution < -0.4 is 10.5 Å². The molecule has 5 nitrogen and oxygen atoms in total. The first kappa shape index (κ1) is 15.4. The molecule has 0 bridgehead atoms. The number of nitrogens with two attached hydrogens (primary N) is 1. The van der Waals surface area contributed by atoms with E-state index in [1.54, 1.807) is 12.1 Å². The number of rotatable bonds is 4. The van der Waals surface area contributed by atoms with E-state index in [0.717, 1.165) is 17.7 Å². The van der Waals surface area contributed by atoms with Gasteiger partial charge in [-0.25, -0.2) is 4.39 Å². The van der Waals surface area contributed by atoms with E-state index >= 15 is 0 Å². The molecule has 2 N–H and O–H groups in total. The topological polar surface area (TPSA) is 78.4 Å². The normalized spacial score (nSPS) is 10.5. The molecule has 2 aromatic rings. The van der Waals surface area contributed by atoms with Crippen molar-refractivity contribution in [3.8, 4) is 11.5 Å². The Kier molecular flexibility index (Phi) is 4.54. The molecule has 0 heterocycles. The van der Waals surface area contributed by atoms with Gasteiger partial charge in [0, 0.05) is 24.2 Å². The van der Waals surface area contributed by atoms with Gasteiger partial charge in [-0.1, -0.05) is 17.7 Å². The Labute approximate surface area is 128 Å². The molecule has 21 heavy (non-hydrogen) atoms. The lowest BCUT2D eigenvalue weighted by Crippen LogP contribution is -2.01. The van der Waals surface area contributed by atoms with Crippen LogP contribution in [0.1, 0.15) is 11.1 Å². The molecule has 0 radical (unpaired) electrons. The number of nitro groups is 1. The lowest BCUT2D eigenvalue weighted by atomic mass is 10.1. The smallest absolute Gasteiger partial charge is 0.312 e. The van der Waals surface area contributed by atoms with E-state index in [2.05, 4.69) is 15.9 Å². The first-order valence-electron chi connectivity index (χ1n) is 6.03. The van der Waals surface area contributed by atoms with Crippen molar-refractivity contribution >= 4 is 21.6 Å². The van der Waals surface area contributed by atoms with Gasteiger partial charge >= 0.3 is 5.69 Å². The predicted octanol–water partition coefficient (Wildman–Crippen LogP) is 4.06. The highest BCUT2D eigenvalue weighted by Gasteiger charge is 2.20. The van der Waals surface area contributed by atoms with Crippen LogP contribution in [-0.4, -0.2) is 4.92 Å². The minimum absolute atomic E-state index is 0.00417. The number of halogens is 2. The summed E-state index contributed by atoms with van der Waals surface area (Å²) in [5, 5.41) is 11.0. The summed E-state index contributed by atoms with van der Waals surface area (Å²) >= 11 is 2.92. The molecule has 0 saturated heterocycles. The van der Waals surface area contributed by atoms with Gasteiger partial charge in [0.1, 0.15) is 11.6 Å². The van der Waals surface area contributed by atoms with Gasteiger partial charge in [-0.2, -0.15) is 0 Å². The van der Waals surface area contributed by atoms with Gasteiger partial charge in [0.25, 0.3) is 0 Å². The third-order valence-electron chi connectivity index (χ3n) is 2.85. The highest BCUT2D eigenvalue weighted by atomic mass is 79.9. The minimum Gasteiger partial charge on any atom is -0.450 e. The van der Waals surface area contributed by atoms with Crippen LogP contribution in [0, 0.1) is 22.9 Å². The third kappa shape index (κ3) is 3.37. The highest BCUT2D eigenvalue weighted by Crippen LogP contribution is 2.36. The maximum atomic E-state index is 13.6. The molecule has 0 atom stereocenters. The summed E-state index contributed by atoms with van der Waals surface area (Å²) in [5.41, 5.74) is 6.98. The molecule has 0 spiro atoms. The second-order valence-electron chi connectivity index (χ2n) is 4.41. The number of benzene rings is 2. The molecule has 0 unspecified atom stereocenters. The Balaban J connectivity index is 2.48. The molecular formula is C14H12BrFN2O3. The van der Waals surface area contributed by atoms with Crippen molar-refractivity contribution < 1.29 is 14.1 Å². The van der Waals surface area contributed by atoms with E-state index in [-0.39, 0.29) is 22.5 Å².